The Hall–Kier alpha value is -1.80. The second-order valence-electron chi connectivity index (χ2n) is 5.54. The summed E-state index contributed by atoms with van der Waals surface area (Å²) in [5.41, 5.74) is 5.16. The molecule has 0 unspecified atom stereocenters. The van der Waals surface area contributed by atoms with Crippen molar-refractivity contribution < 1.29 is 4.74 Å². The van der Waals surface area contributed by atoms with Crippen molar-refractivity contribution in [2.24, 2.45) is 0 Å². The van der Waals surface area contributed by atoms with E-state index in [0.717, 1.165) is 12.3 Å². The van der Waals surface area contributed by atoms with Crippen LogP contribution in [0.2, 0.25) is 0 Å². The molecule has 2 aromatic carbocycles. The second kappa shape index (κ2) is 5.68. The molecular formula is C18H21NO. The molecule has 2 aromatic rings. The maximum absolute atomic E-state index is 5.36. The standard InChI is InChI=1S/C18H21NO/c1-13-3-5-14(6-4-13)18-10-9-17(20-2)11-15(18)12-19-16-7-8-16/h3-6,9-11,16,19H,7-8,12H2,1-2H3. The van der Waals surface area contributed by atoms with Crippen LogP contribution in [0.1, 0.15) is 24.0 Å². The van der Waals surface area contributed by atoms with E-state index in [4.69, 9.17) is 4.74 Å². The van der Waals surface area contributed by atoms with E-state index in [-0.39, 0.29) is 0 Å². The summed E-state index contributed by atoms with van der Waals surface area (Å²) in [5, 5.41) is 3.59. The summed E-state index contributed by atoms with van der Waals surface area (Å²) in [7, 11) is 1.72. The first-order valence-corrected chi connectivity index (χ1v) is 7.23. The van der Waals surface area contributed by atoms with Gasteiger partial charge in [0.1, 0.15) is 5.75 Å². The van der Waals surface area contributed by atoms with Gasteiger partial charge in [0.15, 0.2) is 0 Å². The number of rotatable bonds is 5. The van der Waals surface area contributed by atoms with E-state index in [1.165, 1.54) is 35.1 Å². The van der Waals surface area contributed by atoms with Gasteiger partial charge in [0.05, 0.1) is 7.11 Å². The first-order chi connectivity index (χ1) is 9.76. The van der Waals surface area contributed by atoms with Crippen molar-refractivity contribution in [1.82, 2.24) is 5.32 Å². The number of aryl methyl sites for hydroxylation is 1. The van der Waals surface area contributed by atoms with E-state index in [2.05, 4.69) is 48.6 Å². The molecule has 1 saturated carbocycles. The third kappa shape index (κ3) is 3.02. The Morgan fingerprint density at radius 1 is 1.10 bits per heavy atom. The van der Waals surface area contributed by atoms with Crippen LogP contribution >= 0.6 is 0 Å². The van der Waals surface area contributed by atoms with Gasteiger partial charge in [0, 0.05) is 12.6 Å². The zero-order valence-electron chi connectivity index (χ0n) is 12.1. The lowest BCUT2D eigenvalue weighted by atomic mass is 9.98. The summed E-state index contributed by atoms with van der Waals surface area (Å²) in [6, 6.07) is 15.8. The molecule has 0 radical (unpaired) electrons. The van der Waals surface area contributed by atoms with Gasteiger partial charge in [-0.15, -0.1) is 0 Å². The molecule has 1 aliphatic carbocycles. The number of ether oxygens (including phenoxy) is 1. The number of hydrogen-bond acceptors (Lipinski definition) is 2. The number of hydrogen-bond donors (Lipinski definition) is 1. The summed E-state index contributed by atoms with van der Waals surface area (Å²) in [6.07, 6.45) is 2.62. The van der Waals surface area contributed by atoms with Gasteiger partial charge in [-0.05, 0) is 48.6 Å². The summed E-state index contributed by atoms with van der Waals surface area (Å²) in [6.45, 7) is 3.03. The van der Waals surface area contributed by atoms with Crippen LogP contribution in [0.5, 0.6) is 5.75 Å². The normalized spacial score (nSPS) is 14.3. The van der Waals surface area contributed by atoms with E-state index in [9.17, 15) is 0 Å². The Morgan fingerprint density at radius 3 is 2.50 bits per heavy atom. The number of methoxy groups -OCH3 is 1. The molecule has 0 spiro atoms. The molecule has 0 amide bonds. The molecule has 1 fully saturated rings. The SMILES string of the molecule is COc1ccc(-c2ccc(C)cc2)c(CNC2CC2)c1. The van der Waals surface area contributed by atoms with Gasteiger partial charge in [-0.3, -0.25) is 0 Å². The lowest BCUT2D eigenvalue weighted by molar-refractivity contribution is 0.414. The minimum Gasteiger partial charge on any atom is -0.497 e. The highest BCUT2D eigenvalue weighted by Crippen LogP contribution is 2.29. The lowest BCUT2D eigenvalue weighted by Crippen LogP contribution is -2.16. The minimum atomic E-state index is 0.715. The van der Waals surface area contributed by atoms with Gasteiger partial charge in [-0.25, -0.2) is 0 Å². The van der Waals surface area contributed by atoms with Crippen LogP contribution in [0.4, 0.5) is 0 Å². The third-order valence-electron chi connectivity index (χ3n) is 3.83. The highest BCUT2D eigenvalue weighted by Gasteiger charge is 2.20. The minimum absolute atomic E-state index is 0.715. The molecule has 20 heavy (non-hydrogen) atoms. The molecule has 2 heteroatoms. The first kappa shape index (κ1) is 13.2. The highest BCUT2D eigenvalue weighted by molar-refractivity contribution is 5.68. The van der Waals surface area contributed by atoms with Gasteiger partial charge < -0.3 is 10.1 Å². The number of benzene rings is 2. The van der Waals surface area contributed by atoms with E-state index >= 15 is 0 Å². The quantitative estimate of drug-likeness (QED) is 0.886. The molecule has 2 nitrogen and oxygen atoms in total. The molecule has 104 valence electrons. The van der Waals surface area contributed by atoms with Crippen molar-refractivity contribution in [1.29, 1.82) is 0 Å². The molecule has 0 bridgehead atoms. The molecule has 1 N–H and O–H groups in total. The van der Waals surface area contributed by atoms with Crippen molar-refractivity contribution in [2.75, 3.05) is 7.11 Å². The van der Waals surface area contributed by atoms with Gasteiger partial charge in [-0.1, -0.05) is 35.9 Å². The Kier molecular flexibility index (Phi) is 3.75. The average Bonchev–Trinajstić information content (AvgIpc) is 3.30. The fourth-order valence-corrected chi connectivity index (χ4v) is 2.40. The van der Waals surface area contributed by atoms with Gasteiger partial charge >= 0.3 is 0 Å². The first-order valence-electron chi connectivity index (χ1n) is 7.23. The van der Waals surface area contributed by atoms with Crippen molar-refractivity contribution in [3.63, 3.8) is 0 Å². The summed E-state index contributed by atoms with van der Waals surface area (Å²) in [5.74, 6) is 0.924. The largest absolute Gasteiger partial charge is 0.497 e. The lowest BCUT2D eigenvalue weighted by Gasteiger charge is -2.13. The molecule has 0 aromatic heterocycles. The highest BCUT2D eigenvalue weighted by atomic mass is 16.5. The molecular weight excluding hydrogens is 246 g/mol. The van der Waals surface area contributed by atoms with Crippen molar-refractivity contribution in [3.8, 4) is 16.9 Å². The Bertz CT molecular complexity index is 585. The third-order valence-corrected chi connectivity index (χ3v) is 3.83. The molecule has 0 aliphatic heterocycles. The van der Waals surface area contributed by atoms with Crippen molar-refractivity contribution in [3.05, 3.63) is 53.6 Å². The summed E-state index contributed by atoms with van der Waals surface area (Å²) < 4.78 is 5.36. The van der Waals surface area contributed by atoms with E-state index in [1.54, 1.807) is 7.11 Å². The Balaban J connectivity index is 1.92. The van der Waals surface area contributed by atoms with E-state index in [1.807, 2.05) is 6.07 Å². The zero-order chi connectivity index (χ0) is 13.9. The predicted molar refractivity (Wildman–Crippen MR) is 83.0 cm³/mol. The van der Waals surface area contributed by atoms with Crippen LogP contribution in [0.15, 0.2) is 42.5 Å². The van der Waals surface area contributed by atoms with Crippen molar-refractivity contribution in [2.45, 2.75) is 32.4 Å². The fraction of sp³-hybridized carbons (Fsp3) is 0.333. The Labute approximate surface area is 120 Å². The predicted octanol–water partition coefficient (Wildman–Crippen LogP) is 3.92. The van der Waals surface area contributed by atoms with E-state index < -0.39 is 0 Å². The van der Waals surface area contributed by atoms with Crippen LogP contribution < -0.4 is 10.1 Å². The maximum atomic E-state index is 5.36. The van der Waals surface area contributed by atoms with Crippen LogP contribution in [-0.2, 0) is 6.54 Å². The van der Waals surface area contributed by atoms with Crippen LogP contribution in [-0.4, -0.2) is 13.2 Å². The smallest absolute Gasteiger partial charge is 0.119 e. The summed E-state index contributed by atoms with van der Waals surface area (Å²) in [4.78, 5) is 0. The average molecular weight is 267 g/mol. The molecule has 1 aliphatic rings. The topological polar surface area (TPSA) is 21.3 Å². The number of nitrogens with one attached hydrogen (secondary N) is 1. The van der Waals surface area contributed by atoms with Crippen LogP contribution in [0.25, 0.3) is 11.1 Å². The summed E-state index contributed by atoms with van der Waals surface area (Å²) >= 11 is 0. The fourth-order valence-electron chi connectivity index (χ4n) is 2.40. The molecule has 0 atom stereocenters. The maximum Gasteiger partial charge on any atom is 0.119 e. The molecule has 0 saturated heterocycles. The molecule has 0 heterocycles. The second-order valence-corrected chi connectivity index (χ2v) is 5.54. The monoisotopic (exact) mass is 267 g/mol. The van der Waals surface area contributed by atoms with E-state index in [0.29, 0.717) is 6.04 Å². The van der Waals surface area contributed by atoms with Crippen LogP contribution in [0.3, 0.4) is 0 Å². The Morgan fingerprint density at radius 2 is 1.85 bits per heavy atom. The molecule has 3 rings (SSSR count). The van der Waals surface area contributed by atoms with Crippen molar-refractivity contribution >= 4 is 0 Å². The van der Waals surface area contributed by atoms with Gasteiger partial charge in [0.25, 0.3) is 0 Å². The van der Waals surface area contributed by atoms with Gasteiger partial charge in [0.2, 0.25) is 0 Å². The zero-order valence-corrected chi connectivity index (χ0v) is 12.1. The van der Waals surface area contributed by atoms with Gasteiger partial charge in [-0.2, -0.15) is 0 Å². The van der Waals surface area contributed by atoms with Crippen LogP contribution in [0, 0.1) is 6.92 Å².